The molecular formula is C31H18Br2O. The fourth-order valence-corrected chi connectivity index (χ4v) is 6.52. The Morgan fingerprint density at radius 3 is 1.38 bits per heavy atom. The van der Waals surface area contributed by atoms with Crippen molar-refractivity contribution < 1.29 is 4.74 Å². The molecule has 0 N–H and O–H groups in total. The summed E-state index contributed by atoms with van der Waals surface area (Å²) in [7, 11) is 0. The smallest absolute Gasteiger partial charge is 0.132 e. The molecule has 1 aliphatic heterocycles. The van der Waals surface area contributed by atoms with E-state index < -0.39 is 5.41 Å². The summed E-state index contributed by atoms with van der Waals surface area (Å²) in [5, 5.41) is 0. The lowest BCUT2D eigenvalue weighted by Gasteiger charge is -2.42. The number of halogens is 2. The zero-order valence-corrected chi connectivity index (χ0v) is 21.2. The lowest BCUT2D eigenvalue weighted by molar-refractivity contribution is 0.435. The summed E-state index contributed by atoms with van der Waals surface area (Å²) in [5.41, 5.74) is 9.20. The Kier molecular flexibility index (Phi) is 4.42. The highest BCUT2D eigenvalue weighted by Crippen LogP contribution is 2.61. The molecule has 0 aromatic heterocycles. The number of para-hydroxylation sites is 2. The molecule has 2 aliphatic rings. The summed E-state index contributed by atoms with van der Waals surface area (Å²) in [4.78, 5) is 0. The molecule has 34 heavy (non-hydrogen) atoms. The monoisotopic (exact) mass is 564 g/mol. The van der Waals surface area contributed by atoms with E-state index in [0.29, 0.717) is 0 Å². The molecule has 1 aliphatic carbocycles. The molecule has 0 saturated heterocycles. The molecule has 5 aromatic rings. The maximum Gasteiger partial charge on any atom is 0.132 e. The average Bonchev–Trinajstić information content (AvgIpc) is 2.96. The maximum absolute atomic E-state index is 6.49. The van der Waals surface area contributed by atoms with Gasteiger partial charge in [0.1, 0.15) is 11.5 Å². The van der Waals surface area contributed by atoms with Crippen molar-refractivity contribution in [3.05, 3.63) is 140 Å². The molecule has 1 nitrogen and oxygen atoms in total. The van der Waals surface area contributed by atoms with E-state index >= 15 is 0 Å². The molecule has 1 heterocycles. The number of fused-ring (bicyclic) bond motifs is 11. The molecule has 0 amide bonds. The number of rotatable bonds is 0. The first-order valence-electron chi connectivity index (χ1n) is 11.2. The van der Waals surface area contributed by atoms with Gasteiger partial charge in [-0.05, 0) is 69.8 Å². The van der Waals surface area contributed by atoms with Crippen LogP contribution in [0, 0.1) is 0 Å². The number of benzene rings is 5. The van der Waals surface area contributed by atoms with Crippen LogP contribution in [0.4, 0.5) is 0 Å². The topological polar surface area (TPSA) is 9.23 Å². The van der Waals surface area contributed by atoms with Crippen LogP contribution in [0.5, 0.6) is 11.5 Å². The third kappa shape index (κ3) is 2.65. The van der Waals surface area contributed by atoms with Crippen LogP contribution in [0.2, 0.25) is 0 Å². The quantitative estimate of drug-likeness (QED) is 0.178. The van der Waals surface area contributed by atoms with Gasteiger partial charge >= 0.3 is 0 Å². The second-order valence-electron chi connectivity index (χ2n) is 8.77. The summed E-state index contributed by atoms with van der Waals surface area (Å²) in [6.45, 7) is 0. The van der Waals surface area contributed by atoms with Crippen molar-refractivity contribution >= 4 is 31.9 Å². The summed E-state index contributed by atoms with van der Waals surface area (Å²) in [5.74, 6) is 1.79. The van der Waals surface area contributed by atoms with Crippen molar-refractivity contribution in [1.82, 2.24) is 0 Å². The van der Waals surface area contributed by atoms with Crippen LogP contribution in [-0.2, 0) is 5.41 Å². The van der Waals surface area contributed by atoms with Crippen LogP contribution < -0.4 is 4.74 Å². The number of hydrogen-bond acceptors (Lipinski definition) is 1. The molecule has 0 bridgehead atoms. The van der Waals surface area contributed by atoms with Crippen molar-refractivity contribution in [2.24, 2.45) is 0 Å². The van der Waals surface area contributed by atoms with Gasteiger partial charge in [-0.1, -0.05) is 105 Å². The van der Waals surface area contributed by atoms with Gasteiger partial charge in [-0.2, -0.15) is 0 Å². The average molecular weight is 566 g/mol. The molecule has 0 saturated carbocycles. The maximum atomic E-state index is 6.49. The lowest BCUT2D eigenvalue weighted by Crippen LogP contribution is -2.34. The van der Waals surface area contributed by atoms with Crippen molar-refractivity contribution in [2.75, 3.05) is 0 Å². The molecule has 162 valence electrons. The van der Waals surface area contributed by atoms with E-state index in [2.05, 4.69) is 141 Å². The number of hydrogen-bond donors (Lipinski definition) is 0. The van der Waals surface area contributed by atoms with Gasteiger partial charge in [0, 0.05) is 20.1 Å². The van der Waals surface area contributed by atoms with Gasteiger partial charge in [0.2, 0.25) is 0 Å². The molecule has 7 rings (SSSR count). The predicted octanol–water partition coefficient (Wildman–Crippen LogP) is 9.35. The zero-order chi connectivity index (χ0) is 22.9. The lowest BCUT2D eigenvalue weighted by atomic mass is 9.62. The second kappa shape index (κ2) is 7.43. The summed E-state index contributed by atoms with van der Waals surface area (Å²) >= 11 is 7.60. The van der Waals surface area contributed by atoms with Crippen LogP contribution in [0.3, 0.4) is 0 Å². The Morgan fingerprint density at radius 2 is 0.882 bits per heavy atom. The molecule has 0 atom stereocenters. The predicted molar refractivity (Wildman–Crippen MR) is 145 cm³/mol. The van der Waals surface area contributed by atoms with Crippen LogP contribution in [-0.4, -0.2) is 0 Å². The molecule has 0 fully saturated rings. The Bertz CT molecular complexity index is 1500. The highest BCUT2D eigenvalue weighted by Gasteiger charge is 2.49. The van der Waals surface area contributed by atoms with E-state index in [4.69, 9.17) is 4.74 Å². The van der Waals surface area contributed by atoms with Crippen LogP contribution in [0.15, 0.2) is 118 Å². The Hall–Kier alpha value is -3.14. The van der Waals surface area contributed by atoms with Gasteiger partial charge in [-0.15, -0.1) is 0 Å². The van der Waals surface area contributed by atoms with Crippen LogP contribution in [0.25, 0.3) is 22.3 Å². The highest BCUT2D eigenvalue weighted by atomic mass is 79.9. The molecule has 0 unspecified atom stereocenters. The minimum atomic E-state index is -0.553. The Labute approximate surface area is 215 Å². The van der Waals surface area contributed by atoms with Gasteiger partial charge in [0.05, 0.1) is 5.41 Å². The zero-order valence-electron chi connectivity index (χ0n) is 18.1. The van der Waals surface area contributed by atoms with Gasteiger partial charge in [-0.25, -0.2) is 0 Å². The fourth-order valence-electron chi connectivity index (χ4n) is 5.80. The van der Waals surface area contributed by atoms with E-state index in [9.17, 15) is 0 Å². The Balaban J connectivity index is 1.79. The van der Waals surface area contributed by atoms with Crippen molar-refractivity contribution in [1.29, 1.82) is 0 Å². The first-order valence-corrected chi connectivity index (χ1v) is 12.8. The minimum Gasteiger partial charge on any atom is -0.457 e. The van der Waals surface area contributed by atoms with Gasteiger partial charge in [0.25, 0.3) is 0 Å². The largest absolute Gasteiger partial charge is 0.457 e. The number of ether oxygens (including phenoxy) is 1. The molecule has 1 spiro atoms. The standard InChI is InChI=1S/C31H18Br2O/c32-19-13-15-23-21-7-1-2-8-22(21)24-16-14-20(33)18-28(24)31(27(23)17-19)25-9-3-5-11-29(25)34-30-12-6-4-10-26(30)31/h1-18H. The second-order valence-corrected chi connectivity index (χ2v) is 10.6. The Morgan fingerprint density at radius 1 is 0.441 bits per heavy atom. The van der Waals surface area contributed by atoms with Crippen molar-refractivity contribution in [2.45, 2.75) is 5.41 Å². The first-order chi connectivity index (χ1) is 16.7. The van der Waals surface area contributed by atoms with E-state index in [1.807, 2.05) is 0 Å². The van der Waals surface area contributed by atoms with E-state index in [-0.39, 0.29) is 0 Å². The first kappa shape index (κ1) is 20.3. The molecule has 5 aromatic carbocycles. The van der Waals surface area contributed by atoms with E-state index in [0.717, 1.165) is 31.6 Å². The highest BCUT2D eigenvalue weighted by molar-refractivity contribution is 9.10. The van der Waals surface area contributed by atoms with E-state index in [1.165, 1.54) is 33.4 Å². The van der Waals surface area contributed by atoms with Gasteiger partial charge < -0.3 is 4.74 Å². The van der Waals surface area contributed by atoms with E-state index in [1.54, 1.807) is 0 Å². The summed E-state index contributed by atoms with van der Waals surface area (Å²) in [6.07, 6.45) is 0. The SMILES string of the molecule is Brc1ccc2c(c1)C1(c3ccccc3Oc3ccccc31)c1cc(Br)ccc1-c1ccccc1-2. The van der Waals surface area contributed by atoms with Crippen molar-refractivity contribution in [3.8, 4) is 33.8 Å². The molecule has 3 heteroatoms. The van der Waals surface area contributed by atoms with Crippen molar-refractivity contribution in [3.63, 3.8) is 0 Å². The van der Waals surface area contributed by atoms with Crippen LogP contribution >= 0.6 is 31.9 Å². The molecule has 0 radical (unpaired) electrons. The normalized spacial score (nSPS) is 14.1. The fraction of sp³-hybridized carbons (Fsp3) is 0.0323. The summed E-state index contributed by atoms with van der Waals surface area (Å²) in [6, 6.07) is 39.1. The van der Waals surface area contributed by atoms with Gasteiger partial charge in [-0.3, -0.25) is 0 Å². The third-order valence-corrected chi connectivity index (χ3v) is 8.07. The van der Waals surface area contributed by atoms with Crippen LogP contribution in [0.1, 0.15) is 22.3 Å². The minimum absolute atomic E-state index is 0.553. The summed E-state index contributed by atoms with van der Waals surface area (Å²) < 4.78 is 8.61. The molecular weight excluding hydrogens is 548 g/mol. The third-order valence-electron chi connectivity index (χ3n) is 7.08. The van der Waals surface area contributed by atoms with Gasteiger partial charge in [0.15, 0.2) is 0 Å².